The molecule has 0 aromatic carbocycles. The third-order valence-corrected chi connectivity index (χ3v) is 0. The molecule has 0 bridgehead atoms. The Bertz CT molecular complexity index is 9.61. The van der Waals surface area contributed by atoms with Crippen LogP contribution in [0.25, 0.3) is 0 Å². The van der Waals surface area contributed by atoms with Crippen molar-refractivity contribution >= 4 is 23.9 Å². The maximum Gasteiger partial charge on any atom is 0 e. The van der Waals surface area contributed by atoms with Crippen LogP contribution in [0.2, 0.25) is 0 Å². The summed E-state index contributed by atoms with van der Waals surface area (Å²) >= 11 is 0. The molecule has 0 amide bonds. The van der Waals surface area contributed by atoms with Crippen molar-refractivity contribution in [1.82, 2.24) is 0 Å². The van der Waals surface area contributed by atoms with Crippen LogP contribution in [-0.4, -0.2) is 23.9 Å². The minimum absolute atomic E-state index is 0. The van der Waals surface area contributed by atoms with E-state index in [1.165, 1.54) is 0 Å². The van der Waals surface area contributed by atoms with Crippen molar-refractivity contribution < 1.29 is 70.1 Å². The predicted molar refractivity (Wildman–Crippen MR) is 5.75 cm³/mol. The molecule has 0 fully saturated rings. The zero-order valence-corrected chi connectivity index (χ0v) is 11.2. The van der Waals surface area contributed by atoms with E-state index < -0.39 is 0 Å². The Morgan fingerprint density at radius 3 is 0.800 bits per heavy atom. The first-order valence-electron chi connectivity index (χ1n) is 0. The predicted octanol–water partition coefficient (Wildman–Crippen LogP) is -0.391. The molecule has 0 N–H and O–H groups in total. The van der Waals surface area contributed by atoms with Gasteiger partial charge in [0.15, 0.2) is 0 Å². The number of rotatable bonds is 0. The van der Waals surface area contributed by atoms with E-state index in [0.29, 0.717) is 0 Å². The first-order chi connectivity index (χ1) is 0. The molecule has 0 heterocycles. The van der Waals surface area contributed by atoms with Gasteiger partial charge in [0.1, 0.15) is 0 Å². The van der Waals surface area contributed by atoms with Gasteiger partial charge in [0.05, 0.1) is 0 Å². The van der Waals surface area contributed by atoms with E-state index in [-0.39, 0.29) is 94.0 Å². The van der Waals surface area contributed by atoms with Crippen LogP contribution in [0, 0.1) is 0 Å². The Labute approximate surface area is 92.6 Å². The van der Waals surface area contributed by atoms with E-state index in [0.717, 1.165) is 0 Å². The first kappa shape index (κ1) is 44.1. The van der Waals surface area contributed by atoms with Gasteiger partial charge < -0.3 is 0 Å². The Kier molecular flexibility index (Phi) is 249. The summed E-state index contributed by atoms with van der Waals surface area (Å²) in [7, 11) is 0. The molecule has 32 valence electrons. The molecule has 0 atom stereocenters. The molecular formula is Fe2NiSnZn. The molecule has 0 spiro atoms. The van der Waals surface area contributed by atoms with Gasteiger partial charge in [0.2, 0.25) is 0 Å². The first-order valence-corrected chi connectivity index (χ1v) is 0. The molecule has 0 aliphatic heterocycles. The minimum atomic E-state index is 0. The topological polar surface area (TPSA) is 0 Å². The largest absolute Gasteiger partial charge is 0 e. The van der Waals surface area contributed by atoms with Crippen LogP contribution in [0.4, 0.5) is 0 Å². The molecule has 4 radical (unpaired) electrons. The summed E-state index contributed by atoms with van der Waals surface area (Å²) in [5.74, 6) is 0. The summed E-state index contributed by atoms with van der Waals surface area (Å²) in [6.45, 7) is 0. The maximum absolute atomic E-state index is 0. The van der Waals surface area contributed by atoms with E-state index in [4.69, 9.17) is 0 Å². The molecule has 0 saturated carbocycles. The van der Waals surface area contributed by atoms with Crippen LogP contribution >= 0.6 is 0 Å². The standard InChI is InChI=1S/2Fe.Ni.Sn.Zn. The SMILES string of the molecule is [Fe].[Fe].[Ni].[Sn].[Zn]. The summed E-state index contributed by atoms with van der Waals surface area (Å²) in [5.41, 5.74) is 0. The van der Waals surface area contributed by atoms with Gasteiger partial charge in [0, 0.05) is 94.0 Å². The van der Waals surface area contributed by atoms with Crippen LogP contribution in [0.5, 0.6) is 0 Å². The van der Waals surface area contributed by atoms with E-state index >= 15 is 0 Å². The fraction of sp³-hybridized carbons (Fsp3) is 0. The normalized spacial score (nSPS) is 0. The van der Waals surface area contributed by atoms with E-state index in [1.807, 2.05) is 0 Å². The number of hydrogen-bond donors (Lipinski definition) is 0. The molecule has 0 aromatic heterocycles. The van der Waals surface area contributed by atoms with Crippen molar-refractivity contribution in [2.24, 2.45) is 0 Å². The van der Waals surface area contributed by atoms with Crippen LogP contribution in [-0.2, 0) is 70.1 Å². The smallest absolute Gasteiger partial charge is 0 e. The average Bonchev–Trinajstić information content (AvgIpc) is 0. The van der Waals surface area contributed by atoms with Gasteiger partial charge in [-0.3, -0.25) is 0 Å². The van der Waals surface area contributed by atoms with Gasteiger partial charge in [-0.1, -0.05) is 0 Å². The second-order valence-corrected chi connectivity index (χ2v) is 0. The van der Waals surface area contributed by atoms with Gasteiger partial charge in [-0.15, -0.1) is 0 Å². The van der Waals surface area contributed by atoms with E-state index in [1.54, 1.807) is 0 Å². The summed E-state index contributed by atoms with van der Waals surface area (Å²) in [4.78, 5) is 0. The quantitative estimate of drug-likeness (QED) is 0.520. The van der Waals surface area contributed by atoms with Crippen molar-refractivity contribution in [2.45, 2.75) is 0 Å². The Morgan fingerprint density at radius 1 is 0.800 bits per heavy atom. The molecule has 0 aromatic rings. The van der Waals surface area contributed by atoms with Gasteiger partial charge in [-0.05, 0) is 0 Å². The molecule has 0 aliphatic rings. The zero-order valence-electron chi connectivity index (χ0n) is 2.23. The second kappa shape index (κ2) is 28.2. The Hall–Kier alpha value is 2.95. The molecule has 5 heteroatoms. The van der Waals surface area contributed by atoms with E-state index in [9.17, 15) is 0 Å². The van der Waals surface area contributed by atoms with E-state index in [2.05, 4.69) is 0 Å². The Balaban J connectivity index is 0. The summed E-state index contributed by atoms with van der Waals surface area (Å²) in [5, 5.41) is 0. The fourth-order valence-corrected chi connectivity index (χ4v) is 0. The summed E-state index contributed by atoms with van der Waals surface area (Å²) in [6.07, 6.45) is 0. The molecule has 5 heavy (non-hydrogen) atoms. The zero-order chi connectivity index (χ0) is 0. The van der Waals surface area contributed by atoms with Crippen molar-refractivity contribution in [2.75, 3.05) is 0 Å². The summed E-state index contributed by atoms with van der Waals surface area (Å²) in [6, 6.07) is 0. The molecule has 0 aliphatic carbocycles. The fourth-order valence-electron chi connectivity index (χ4n) is 0. The molecular weight excluding hydrogens is 354 g/mol. The molecule has 0 saturated heterocycles. The average molecular weight is 354 g/mol. The van der Waals surface area contributed by atoms with Gasteiger partial charge in [0.25, 0.3) is 0 Å². The van der Waals surface area contributed by atoms with Crippen LogP contribution in [0.3, 0.4) is 0 Å². The van der Waals surface area contributed by atoms with Crippen molar-refractivity contribution in [3.8, 4) is 0 Å². The van der Waals surface area contributed by atoms with Gasteiger partial charge in [-0.2, -0.15) is 0 Å². The van der Waals surface area contributed by atoms with Crippen LogP contribution < -0.4 is 0 Å². The van der Waals surface area contributed by atoms with Crippen molar-refractivity contribution in [3.05, 3.63) is 0 Å². The van der Waals surface area contributed by atoms with Gasteiger partial charge in [-0.25, -0.2) is 0 Å². The molecule has 0 rings (SSSR count). The van der Waals surface area contributed by atoms with Gasteiger partial charge >= 0.3 is 0 Å². The monoisotopic (exact) mass is 354 g/mol. The maximum atomic E-state index is 0. The van der Waals surface area contributed by atoms with Crippen molar-refractivity contribution in [1.29, 1.82) is 0 Å². The van der Waals surface area contributed by atoms with Crippen molar-refractivity contribution in [3.63, 3.8) is 0 Å². The second-order valence-electron chi connectivity index (χ2n) is 0. The number of hydrogen-bond acceptors (Lipinski definition) is 0. The third kappa shape index (κ3) is 19.6. The van der Waals surface area contributed by atoms with Crippen LogP contribution in [0.1, 0.15) is 0 Å². The molecule has 0 unspecified atom stereocenters. The third-order valence-electron chi connectivity index (χ3n) is 0. The van der Waals surface area contributed by atoms with Crippen LogP contribution in [0.15, 0.2) is 0 Å². The molecule has 0 nitrogen and oxygen atoms in total. The Morgan fingerprint density at radius 2 is 0.800 bits per heavy atom. The summed E-state index contributed by atoms with van der Waals surface area (Å²) < 4.78 is 0. The minimum Gasteiger partial charge on any atom is 0 e.